The van der Waals surface area contributed by atoms with Crippen molar-refractivity contribution in [1.29, 1.82) is 0 Å². The molecule has 0 radical (unpaired) electrons. The third kappa shape index (κ3) is 5.62. The smallest absolute Gasteiger partial charge is 0.245 e. The first-order valence-corrected chi connectivity index (χ1v) is 9.69. The number of nitrogens with one attached hydrogen (secondary N) is 2. The second-order valence-corrected chi connectivity index (χ2v) is 7.34. The Labute approximate surface area is 173 Å². The van der Waals surface area contributed by atoms with Crippen molar-refractivity contribution >= 4 is 17.7 Å². The van der Waals surface area contributed by atoms with Gasteiger partial charge in [0.05, 0.1) is 6.42 Å². The van der Waals surface area contributed by atoms with Crippen LogP contribution in [0.2, 0.25) is 0 Å². The van der Waals surface area contributed by atoms with Crippen molar-refractivity contribution in [2.45, 2.75) is 38.4 Å². The van der Waals surface area contributed by atoms with E-state index in [-0.39, 0.29) is 17.9 Å². The van der Waals surface area contributed by atoms with Crippen molar-refractivity contribution in [2.24, 2.45) is 0 Å². The fourth-order valence-electron chi connectivity index (χ4n) is 3.39. The fourth-order valence-corrected chi connectivity index (χ4v) is 3.39. The summed E-state index contributed by atoms with van der Waals surface area (Å²) >= 11 is 0. The second-order valence-electron chi connectivity index (χ2n) is 7.34. The van der Waals surface area contributed by atoms with Gasteiger partial charge in [0, 0.05) is 19.2 Å². The molecule has 3 amide bonds. The molecular formula is C22H23F2N3O3. The fraction of sp³-hybridized carbons (Fsp3) is 0.318. The van der Waals surface area contributed by atoms with E-state index in [1.165, 1.54) is 6.92 Å². The summed E-state index contributed by atoms with van der Waals surface area (Å²) in [6.45, 7) is 2.49. The lowest BCUT2D eigenvalue weighted by Gasteiger charge is -2.19. The predicted molar refractivity (Wildman–Crippen MR) is 106 cm³/mol. The Hall–Kier alpha value is -3.29. The van der Waals surface area contributed by atoms with Crippen LogP contribution in [0.4, 0.5) is 8.78 Å². The molecule has 158 valence electrons. The lowest BCUT2D eigenvalue weighted by atomic mass is 10.1. The van der Waals surface area contributed by atoms with Crippen molar-refractivity contribution < 1.29 is 23.2 Å². The molecule has 0 bridgehead atoms. The largest absolute Gasteiger partial charge is 0.344 e. The lowest BCUT2D eigenvalue weighted by molar-refractivity contribution is -0.134. The molecule has 0 saturated carbocycles. The number of amides is 3. The molecular weight excluding hydrogens is 392 g/mol. The third-order valence-corrected chi connectivity index (χ3v) is 4.89. The Morgan fingerprint density at radius 2 is 1.77 bits per heavy atom. The topological polar surface area (TPSA) is 78.5 Å². The highest BCUT2D eigenvalue weighted by Gasteiger charge is 2.33. The molecule has 2 N–H and O–H groups in total. The number of hydrogen-bond donors (Lipinski definition) is 2. The minimum Gasteiger partial charge on any atom is -0.344 e. The quantitative estimate of drug-likeness (QED) is 0.726. The molecule has 1 heterocycles. The number of halogens is 2. The van der Waals surface area contributed by atoms with Crippen LogP contribution in [0.15, 0.2) is 48.5 Å². The zero-order valence-corrected chi connectivity index (χ0v) is 16.5. The van der Waals surface area contributed by atoms with E-state index in [0.29, 0.717) is 19.5 Å². The Morgan fingerprint density at radius 1 is 1.10 bits per heavy atom. The maximum absolute atomic E-state index is 13.2. The van der Waals surface area contributed by atoms with Crippen LogP contribution in [0.5, 0.6) is 0 Å². The van der Waals surface area contributed by atoms with Gasteiger partial charge in [0.15, 0.2) is 0 Å². The standard InChI is InChI=1S/C22H23F2N3O3/c1-14(25-20(28)11-16-9-17(23)12-18(24)10-16)21(29)26-19-7-8-27(22(19)30)13-15-5-3-2-4-6-15/h2-6,9-10,12,14,19H,7-8,11,13H2,1H3,(H,25,28)(H,26,29). The number of carbonyl (C=O) groups is 3. The monoisotopic (exact) mass is 415 g/mol. The van der Waals surface area contributed by atoms with Crippen LogP contribution in [-0.4, -0.2) is 41.2 Å². The van der Waals surface area contributed by atoms with E-state index in [1.807, 2.05) is 30.3 Å². The molecule has 0 spiro atoms. The molecule has 6 nitrogen and oxygen atoms in total. The van der Waals surface area contributed by atoms with Crippen molar-refractivity contribution in [2.75, 3.05) is 6.54 Å². The van der Waals surface area contributed by atoms with Gasteiger partial charge in [-0.25, -0.2) is 8.78 Å². The van der Waals surface area contributed by atoms with E-state index in [1.54, 1.807) is 4.90 Å². The van der Waals surface area contributed by atoms with Gasteiger partial charge in [0.2, 0.25) is 17.7 Å². The maximum atomic E-state index is 13.2. The average molecular weight is 415 g/mol. The number of carbonyl (C=O) groups excluding carboxylic acids is 3. The number of likely N-dealkylation sites (tertiary alicyclic amines) is 1. The molecule has 1 saturated heterocycles. The van der Waals surface area contributed by atoms with E-state index in [2.05, 4.69) is 10.6 Å². The van der Waals surface area contributed by atoms with Gasteiger partial charge < -0.3 is 15.5 Å². The number of nitrogens with zero attached hydrogens (tertiary/aromatic N) is 1. The summed E-state index contributed by atoms with van der Waals surface area (Å²) in [6.07, 6.45) is 0.222. The van der Waals surface area contributed by atoms with Gasteiger partial charge in [0.25, 0.3) is 0 Å². The number of rotatable bonds is 7. The molecule has 30 heavy (non-hydrogen) atoms. The van der Waals surface area contributed by atoms with Crippen LogP contribution in [0.1, 0.15) is 24.5 Å². The van der Waals surface area contributed by atoms with Crippen LogP contribution < -0.4 is 10.6 Å². The van der Waals surface area contributed by atoms with Gasteiger partial charge in [-0.3, -0.25) is 14.4 Å². The first-order valence-electron chi connectivity index (χ1n) is 9.69. The number of benzene rings is 2. The first kappa shape index (κ1) is 21.4. The van der Waals surface area contributed by atoms with Crippen LogP contribution in [0.3, 0.4) is 0 Å². The van der Waals surface area contributed by atoms with Crippen LogP contribution in [-0.2, 0) is 27.3 Å². The Morgan fingerprint density at radius 3 is 2.43 bits per heavy atom. The van der Waals surface area contributed by atoms with Crippen molar-refractivity contribution in [1.82, 2.24) is 15.5 Å². The molecule has 1 aliphatic heterocycles. The summed E-state index contributed by atoms with van der Waals surface area (Å²) in [7, 11) is 0. The predicted octanol–water partition coefficient (Wildman–Crippen LogP) is 1.93. The molecule has 1 fully saturated rings. The van der Waals surface area contributed by atoms with E-state index in [4.69, 9.17) is 0 Å². The van der Waals surface area contributed by atoms with E-state index >= 15 is 0 Å². The van der Waals surface area contributed by atoms with E-state index in [0.717, 1.165) is 23.8 Å². The molecule has 8 heteroatoms. The van der Waals surface area contributed by atoms with Gasteiger partial charge in [-0.2, -0.15) is 0 Å². The van der Waals surface area contributed by atoms with E-state index < -0.39 is 35.5 Å². The Balaban J connectivity index is 1.49. The van der Waals surface area contributed by atoms with Gasteiger partial charge in [-0.05, 0) is 36.6 Å². The summed E-state index contributed by atoms with van der Waals surface area (Å²) in [5.74, 6) is -2.76. The van der Waals surface area contributed by atoms with Gasteiger partial charge in [0.1, 0.15) is 23.7 Å². The van der Waals surface area contributed by atoms with Crippen molar-refractivity contribution in [3.05, 3.63) is 71.3 Å². The van der Waals surface area contributed by atoms with Gasteiger partial charge in [-0.1, -0.05) is 30.3 Å². The number of hydrogen-bond acceptors (Lipinski definition) is 3. The summed E-state index contributed by atoms with van der Waals surface area (Å²) < 4.78 is 26.5. The van der Waals surface area contributed by atoms with Crippen molar-refractivity contribution in [3.8, 4) is 0 Å². The molecule has 3 rings (SSSR count). The highest BCUT2D eigenvalue weighted by molar-refractivity contribution is 5.93. The van der Waals surface area contributed by atoms with Crippen LogP contribution in [0.25, 0.3) is 0 Å². The summed E-state index contributed by atoms with van der Waals surface area (Å²) in [4.78, 5) is 38.7. The van der Waals surface area contributed by atoms with E-state index in [9.17, 15) is 23.2 Å². The summed E-state index contributed by atoms with van der Waals surface area (Å²) in [5, 5.41) is 5.15. The first-order chi connectivity index (χ1) is 14.3. The van der Waals surface area contributed by atoms with Gasteiger partial charge >= 0.3 is 0 Å². The molecule has 2 unspecified atom stereocenters. The lowest BCUT2D eigenvalue weighted by Crippen LogP contribution is -2.50. The normalized spacial score (nSPS) is 17.0. The highest BCUT2D eigenvalue weighted by Crippen LogP contribution is 2.15. The highest BCUT2D eigenvalue weighted by atomic mass is 19.1. The maximum Gasteiger partial charge on any atom is 0.245 e. The molecule has 1 aliphatic rings. The zero-order chi connectivity index (χ0) is 21.7. The van der Waals surface area contributed by atoms with Crippen molar-refractivity contribution in [3.63, 3.8) is 0 Å². The average Bonchev–Trinajstić information content (AvgIpc) is 3.01. The summed E-state index contributed by atoms with van der Waals surface area (Å²) in [6, 6.07) is 10.9. The van der Waals surface area contributed by atoms with Crippen LogP contribution >= 0.6 is 0 Å². The minimum atomic E-state index is -0.896. The molecule has 2 atom stereocenters. The summed E-state index contributed by atoms with van der Waals surface area (Å²) in [5.41, 5.74) is 1.17. The molecule has 2 aromatic carbocycles. The van der Waals surface area contributed by atoms with Crippen LogP contribution in [0, 0.1) is 11.6 Å². The Bertz CT molecular complexity index is 916. The Kier molecular flexibility index (Phi) is 6.76. The SMILES string of the molecule is CC(NC(=O)Cc1cc(F)cc(F)c1)C(=O)NC1CCN(Cc2ccccc2)C1=O. The minimum absolute atomic E-state index is 0.166. The molecule has 0 aliphatic carbocycles. The second kappa shape index (κ2) is 9.47. The zero-order valence-electron chi connectivity index (χ0n) is 16.5. The molecule has 0 aromatic heterocycles. The third-order valence-electron chi connectivity index (χ3n) is 4.89. The van der Waals surface area contributed by atoms with Gasteiger partial charge in [-0.15, -0.1) is 0 Å². The molecule has 2 aromatic rings.